The highest BCUT2D eigenvalue weighted by atomic mass is 32.1. The second-order valence-corrected chi connectivity index (χ2v) is 9.95. The quantitative estimate of drug-likeness (QED) is 0.186. The van der Waals surface area contributed by atoms with Crippen LogP contribution in [0.25, 0.3) is 10.2 Å². The molecule has 1 atom stereocenters. The van der Waals surface area contributed by atoms with Gasteiger partial charge >= 0.3 is 5.97 Å². The Kier molecular flexibility index (Phi) is 7.16. The molecule has 2 aromatic carbocycles. The molecule has 1 amide bonds. The molecule has 11 heteroatoms. The fourth-order valence-electron chi connectivity index (χ4n) is 4.28. The number of carbonyl (C=O) groups is 3. The Bertz CT molecular complexity index is 1640. The number of aryl methyl sites for hydroxylation is 1. The maximum Gasteiger partial charge on any atom is 0.348 e. The molecule has 0 aliphatic carbocycles. The lowest BCUT2D eigenvalue weighted by atomic mass is 10.0. The van der Waals surface area contributed by atoms with Gasteiger partial charge in [0, 0.05) is 12.6 Å². The lowest BCUT2D eigenvalue weighted by Gasteiger charge is -2.26. The van der Waals surface area contributed by atoms with Crippen LogP contribution in [0.1, 0.15) is 38.6 Å². The van der Waals surface area contributed by atoms with E-state index < -0.39 is 17.6 Å². The molecule has 0 radical (unpaired) electrons. The van der Waals surface area contributed by atoms with Crippen LogP contribution in [0.4, 0.5) is 5.69 Å². The first-order chi connectivity index (χ1) is 18.8. The van der Waals surface area contributed by atoms with Crippen molar-refractivity contribution in [3.63, 3.8) is 0 Å². The molecule has 0 spiro atoms. The zero-order valence-electron chi connectivity index (χ0n) is 21.5. The lowest BCUT2D eigenvalue weighted by molar-refractivity contribution is -0.121. The van der Waals surface area contributed by atoms with E-state index in [2.05, 4.69) is 4.98 Å². The number of hydrogen-bond acceptors (Lipinski definition) is 9. The molecule has 39 heavy (non-hydrogen) atoms. The van der Waals surface area contributed by atoms with Crippen LogP contribution in [-0.2, 0) is 9.53 Å². The molecule has 3 heterocycles. The average molecular weight is 548 g/mol. The van der Waals surface area contributed by atoms with E-state index in [1.807, 2.05) is 18.2 Å². The molecule has 5 rings (SSSR count). The number of Topliss-reactive ketones (excluding diaryl/α,β-unsaturated/α-hetero) is 1. The van der Waals surface area contributed by atoms with E-state index in [9.17, 15) is 19.2 Å². The van der Waals surface area contributed by atoms with E-state index in [-0.39, 0.29) is 41.8 Å². The van der Waals surface area contributed by atoms with Gasteiger partial charge in [0.05, 0.1) is 23.4 Å². The third-order valence-electron chi connectivity index (χ3n) is 6.52. The third kappa shape index (κ3) is 5.00. The van der Waals surface area contributed by atoms with Crippen LogP contribution in [0.3, 0.4) is 0 Å². The zero-order chi connectivity index (χ0) is 27.7. The number of ketones is 1. The molecule has 1 unspecified atom stereocenters. The van der Waals surface area contributed by atoms with Crippen molar-refractivity contribution in [3.8, 4) is 11.5 Å². The number of hydrogen-bond donors (Lipinski definition) is 0. The van der Waals surface area contributed by atoms with Crippen molar-refractivity contribution >= 4 is 44.9 Å². The molecule has 4 aromatic rings. The van der Waals surface area contributed by atoms with Gasteiger partial charge in [-0.05, 0) is 49.7 Å². The smallest absolute Gasteiger partial charge is 0.348 e. The minimum atomic E-state index is -0.886. The second kappa shape index (κ2) is 10.7. The number of amides is 1. The third-order valence-corrected chi connectivity index (χ3v) is 7.70. The summed E-state index contributed by atoms with van der Waals surface area (Å²) in [7, 11) is 1.61. The molecular weight excluding hydrogens is 522 g/mol. The van der Waals surface area contributed by atoms with Crippen LogP contribution < -0.4 is 19.9 Å². The summed E-state index contributed by atoms with van der Waals surface area (Å²) in [6, 6.07) is 13.1. The van der Waals surface area contributed by atoms with Crippen molar-refractivity contribution in [1.29, 1.82) is 0 Å². The van der Waals surface area contributed by atoms with Crippen LogP contribution in [0.15, 0.2) is 59.7 Å². The number of para-hydroxylation sites is 1. The maximum atomic E-state index is 13.4. The average Bonchev–Trinajstić information content (AvgIpc) is 3.30. The van der Waals surface area contributed by atoms with Crippen LogP contribution >= 0.6 is 11.3 Å². The summed E-state index contributed by atoms with van der Waals surface area (Å²) < 4.78 is 17.6. The predicted octanol–water partition coefficient (Wildman–Crippen LogP) is 3.80. The van der Waals surface area contributed by atoms with Crippen molar-refractivity contribution in [2.75, 3.05) is 31.8 Å². The fourth-order valence-corrected chi connectivity index (χ4v) is 5.31. The van der Waals surface area contributed by atoms with Gasteiger partial charge in [-0.15, -0.1) is 11.3 Å². The number of anilines is 1. The largest absolute Gasteiger partial charge is 0.490 e. The van der Waals surface area contributed by atoms with E-state index in [1.165, 1.54) is 15.8 Å². The van der Waals surface area contributed by atoms with Crippen molar-refractivity contribution < 1.29 is 28.6 Å². The molecule has 0 saturated heterocycles. The topological polar surface area (TPSA) is 117 Å². The first-order valence-corrected chi connectivity index (χ1v) is 13.0. The predicted molar refractivity (Wildman–Crippen MR) is 145 cm³/mol. The summed E-state index contributed by atoms with van der Waals surface area (Å²) >= 11 is 1.07. The molecule has 0 N–H and O–H groups in total. The first-order valence-electron chi connectivity index (χ1n) is 12.2. The highest BCUT2D eigenvalue weighted by Crippen LogP contribution is 2.33. The Morgan fingerprint density at radius 1 is 1.13 bits per heavy atom. The number of fused-ring (bicyclic) bond motifs is 2. The molecule has 1 aliphatic heterocycles. The Morgan fingerprint density at radius 3 is 2.67 bits per heavy atom. The van der Waals surface area contributed by atoms with Crippen molar-refractivity contribution in [2.45, 2.75) is 19.9 Å². The highest BCUT2D eigenvalue weighted by molar-refractivity contribution is 7.20. The van der Waals surface area contributed by atoms with Gasteiger partial charge in [-0.3, -0.25) is 19.0 Å². The Morgan fingerprint density at radius 2 is 1.90 bits per heavy atom. The molecule has 0 fully saturated rings. The number of carbonyl (C=O) groups excluding carboxylic acids is 3. The van der Waals surface area contributed by atoms with E-state index in [4.69, 9.17) is 14.2 Å². The van der Waals surface area contributed by atoms with Gasteiger partial charge in [0.2, 0.25) is 0 Å². The molecular formula is C28H25N3O7S. The number of rotatable bonds is 8. The maximum absolute atomic E-state index is 13.4. The molecule has 0 saturated carbocycles. The van der Waals surface area contributed by atoms with E-state index in [0.29, 0.717) is 33.1 Å². The van der Waals surface area contributed by atoms with Crippen LogP contribution in [0.5, 0.6) is 11.5 Å². The number of esters is 1. The molecule has 10 nitrogen and oxygen atoms in total. The van der Waals surface area contributed by atoms with E-state index in [1.54, 1.807) is 51.2 Å². The number of thiophene rings is 1. The van der Waals surface area contributed by atoms with Gasteiger partial charge < -0.3 is 19.1 Å². The van der Waals surface area contributed by atoms with Gasteiger partial charge in [0.1, 0.15) is 34.4 Å². The van der Waals surface area contributed by atoms with Gasteiger partial charge in [0.25, 0.3) is 11.5 Å². The molecule has 200 valence electrons. The highest BCUT2D eigenvalue weighted by Gasteiger charge is 2.27. The minimum Gasteiger partial charge on any atom is -0.490 e. The number of ether oxygens (including phenoxy) is 3. The molecule has 0 bridgehead atoms. The van der Waals surface area contributed by atoms with Crippen molar-refractivity contribution in [1.82, 2.24) is 9.55 Å². The first kappa shape index (κ1) is 26.1. The number of nitrogens with zero attached hydrogens (tertiary/aromatic N) is 3. The summed E-state index contributed by atoms with van der Waals surface area (Å²) in [4.78, 5) is 58.0. The van der Waals surface area contributed by atoms with Gasteiger partial charge in [-0.1, -0.05) is 18.2 Å². The SMILES string of the molecule is Cc1c(C(=O)OCCOc2ccccc2)sc2ncn(C(C)C(=O)c3ccc4c(c3)N(C)C(=O)CO4)c(=O)c12. The minimum absolute atomic E-state index is 0.0389. The van der Waals surface area contributed by atoms with E-state index in [0.717, 1.165) is 11.3 Å². The van der Waals surface area contributed by atoms with Crippen LogP contribution in [-0.4, -0.2) is 54.1 Å². The summed E-state index contributed by atoms with van der Waals surface area (Å²) in [6.45, 7) is 3.42. The summed E-state index contributed by atoms with van der Waals surface area (Å²) in [6.07, 6.45) is 1.31. The van der Waals surface area contributed by atoms with Gasteiger partial charge in [0.15, 0.2) is 12.4 Å². The Hall–Kier alpha value is -4.51. The number of likely N-dealkylation sites (N-methyl/N-ethyl adjacent to an activating group) is 1. The summed E-state index contributed by atoms with van der Waals surface area (Å²) in [5.74, 6) is 0.0401. The van der Waals surface area contributed by atoms with Crippen molar-refractivity contribution in [2.24, 2.45) is 0 Å². The Labute approximate surface area is 227 Å². The standard InChI is InChI=1S/C28H25N3O7S/c1-16-23-26(39-25(16)28(35)37-12-11-36-19-7-5-4-6-8-19)29-15-31(27(23)34)17(2)24(33)18-9-10-21-20(13-18)30(3)22(32)14-38-21/h4-10,13,15,17H,11-12,14H2,1-3H3. The summed E-state index contributed by atoms with van der Waals surface area (Å²) in [5, 5.41) is 0.263. The number of aromatic nitrogens is 2. The fraction of sp³-hybridized carbons (Fsp3) is 0.250. The van der Waals surface area contributed by atoms with Crippen LogP contribution in [0.2, 0.25) is 0 Å². The molecule has 2 aromatic heterocycles. The Balaban J connectivity index is 1.34. The normalized spacial score (nSPS) is 13.5. The van der Waals surface area contributed by atoms with Crippen molar-refractivity contribution in [3.05, 3.63) is 81.2 Å². The molecule has 1 aliphatic rings. The second-order valence-electron chi connectivity index (χ2n) is 8.95. The monoisotopic (exact) mass is 547 g/mol. The van der Waals surface area contributed by atoms with Gasteiger partial charge in [-0.2, -0.15) is 0 Å². The number of benzene rings is 2. The van der Waals surface area contributed by atoms with Crippen LogP contribution in [0, 0.1) is 6.92 Å². The lowest BCUT2D eigenvalue weighted by Crippen LogP contribution is -2.35. The van der Waals surface area contributed by atoms with Gasteiger partial charge in [-0.25, -0.2) is 9.78 Å². The zero-order valence-corrected chi connectivity index (χ0v) is 22.3. The van der Waals surface area contributed by atoms with E-state index >= 15 is 0 Å². The summed E-state index contributed by atoms with van der Waals surface area (Å²) in [5.41, 5.74) is 0.815.